The van der Waals surface area contributed by atoms with E-state index in [1.165, 1.54) is 21.6 Å². The third-order valence-corrected chi connectivity index (χ3v) is 4.79. The average molecular weight is 390 g/mol. The Labute approximate surface area is 161 Å². The molecule has 28 heavy (non-hydrogen) atoms. The van der Waals surface area contributed by atoms with Crippen LogP contribution in [-0.4, -0.2) is 69.5 Å². The highest BCUT2D eigenvalue weighted by atomic mass is 19.1. The van der Waals surface area contributed by atoms with Crippen LogP contribution >= 0.6 is 0 Å². The van der Waals surface area contributed by atoms with Crippen LogP contribution in [0, 0.1) is 19.7 Å². The van der Waals surface area contributed by atoms with Gasteiger partial charge in [-0.15, -0.1) is 0 Å². The van der Waals surface area contributed by atoms with Crippen LogP contribution < -0.4 is 10.5 Å². The van der Waals surface area contributed by atoms with Crippen molar-refractivity contribution in [1.29, 1.82) is 0 Å². The van der Waals surface area contributed by atoms with E-state index in [0.29, 0.717) is 49.1 Å². The summed E-state index contributed by atoms with van der Waals surface area (Å²) in [6.45, 7) is 4.22. The third kappa shape index (κ3) is 3.90. The molecule has 8 nitrogen and oxygen atoms in total. The zero-order chi connectivity index (χ0) is 20.4. The number of amides is 1. The fraction of sp³-hybridized carbons (Fsp3) is 0.421. The van der Waals surface area contributed by atoms with Gasteiger partial charge in [0.2, 0.25) is 0 Å². The molecule has 9 heteroatoms. The van der Waals surface area contributed by atoms with Gasteiger partial charge in [-0.1, -0.05) is 0 Å². The van der Waals surface area contributed by atoms with Crippen molar-refractivity contribution in [2.45, 2.75) is 20.0 Å². The number of nitrogens with zero attached hydrogens (tertiary/aromatic N) is 4. The molecule has 1 unspecified atom stereocenters. The highest BCUT2D eigenvalue weighted by Crippen LogP contribution is 2.23. The second-order valence-corrected chi connectivity index (χ2v) is 6.76. The van der Waals surface area contributed by atoms with Crippen molar-refractivity contribution in [2.24, 2.45) is 0 Å². The van der Waals surface area contributed by atoms with E-state index >= 15 is 0 Å². The maximum absolute atomic E-state index is 14.8. The molecule has 2 aromatic rings. The van der Waals surface area contributed by atoms with Crippen molar-refractivity contribution >= 4 is 11.6 Å². The molecule has 150 valence electrons. The lowest BCUT2D eigenvalue weighted by Gasteiger charge is -2.36. The van der Waals surface area contributed by atoms with Crippen molar-refractivity contribution in [3.8, 4) is 5.69 Å². The van der Waals surface area contributed by atoms with Crippen molar-refractivity contribution in [3.63, 3.8) is 0 Å². The lowest BCUT2D eigenvalue weighted by Crippen LogP contribution is -2.52. The summed E-state index contributed by atoms with van der Waals surface area (Å²) in [6.07, 6.45) is -1.42. The first-order valence-electron chi connectivity index (χ1n) is 9.01. The van der Waals surface area contributed by atoms with Gasteiger partial charge in [0.1, 0.15) is 11.6 Å². The molecule has 0 spiro atoms. The Morgan fingerprint density at radius 1 is 1.21 bits per heavy atom. The summed E-state index contributed by atoms with van der Waals surface area (Å²) in [6, 6.07) is 5.97. The number of rotatable bonds is 4. The Kier molecular flexibility index (Phi) is 5.76. The van der Waals surface area contributed by atoms with Gasteiger partial charge in [-0.25, -0.2) is 9.37 Å². The number of hydrogen-bond acceptors (Lipinski definition) is 6. The molecule has 1 atom stereocenters. The van der Waals surface area contributed by atoms with E-state index in [1.807, 2.05) is 0 Å². The third-order valence-electron chi connectivity index (χ3n) is 4.79. The van der Waals surface area contributed by atoms with Gasteiger partial charge in [0.15, 0.2) is 6.10 Å². The standard InChI is InChI=1S/C19H23FN4O4/c1-12-9-18(27)24(13(2)21-12)14-3-4-16(15(20)10-14)22-5-7-23(8-6-22)19(28)17(26)11-25/h3-4,9-10,17,25-26H,5-8,11H2,1-2H3. The van der Waals surface area contributed by atoms with Crippen LogP contribution in [0.2, 0.25) is 0 Å². The molecule has 1 aliphatic heterocycles. The lowest BCUT2D eigenvalue weighted by molar-refractivity contribution is -0.142. The van der Waals surface area contributed by atoms with E-state index in [9.17, 15) is 19.1 Å². The van der Waals surface area contributed by atoms with Gasteiger partial charge in [0.05, 0.1) is 18.0 Å². The van der Waals surface area contributed by atoms with Crippen LogP contribution in [0.3, 0.4) is 0 Å². The quantitative estimate of drug-likeness (QED) is 0.762. The fourth-order valence-corrected chi connectivity index (χ4v) is 3.40. The van der Waals surface area contributed by atoms with Crippen LogP contribution in [0.4, 0.5) is 10.1 Å². The molecule has 1 aromatic carbocycles. The van der Waals surface area contributed by atoms with Crippen LogP contribution in [-0.2, 0) is 4.79 Å². The second kappa shape index (κ2) is 8.07. The summed E-state index contributed by atoms with van der Waals surface area (Å²) in [7, 11) is 0. The minimum absolute atomic E-state index is 0.272. The number of hydrogen-bond donors (Lipinski definition) is 2. The molecule has 2 heterocycles. The van der Waals surface area contributed by atoms with E-state index in [2.05, 4.69) is 4.98 Å². The molecule has 0 bridgehead atoms. The van der Waals surface area contributed by atoms with Crippen LogP contribution in [0.5, 0.6) is 0 Å². The van der Waals surface area contributed by atoms with Crippen molar-refractivity contribution < 1.29 is 19.4 Å². The van der Waals surface area contributed by atoms with Crippen molar-refractivity contribution in [2.75, 3.05) is 37.7 Å². The number of benzene rings is 1. The number of aromatic nitrogens is 2. The molecule has 1 aromatic heterocycles. The maximum Gasteiger partial charge on any atom is 0.258 e. The van der Waals surface area contributed by atoms with Crippen LogP contribution in [0.25, 0.3) is 5.69 Å². The SMILES string of the molecule is Cc1cc(=O)n(-c2ccc(N3CCN(C(=O)C(O)CO)CC3)c(F)c2)c(C)n1. The largest absolute Gasteiger partial charge is 0.393 e. The smallest absolute Gasteiger partial charge is 0.258 e. The second-order valence-electron chi connectivity index (χ2n) is 6.76. The Balaban J connectivity index is 1.78. The van der Waals surface area contributed by atoms with Gasteiger partial charge in [-0.3, -0.25) is 14.2 Å². The summed E-state index contributed by atoms with van der Waals surface area (Å²) < 4.78 is 16.1. The highest BCUT2D eigenvalue weighted by Gasteiger charge is 2.26. The minimum Gasteiger partial charge on any atom is -0.393 e. The predicted molar refractivity (Wildman–Crippen MR) is 101 cm³/mol. The zero-order valence-corrected chi connectivity index (χ0v) is 15.8. The first kappa shape index (κ1) is 20.0. The molecular formula is C19H23FN4O4. The van der Waals surface area contributed by atoms with E-state index in [4.69, 9.17) is 5.11 Å². The number of piperazine rings is 1. The molecule has 3 rings (SSSR count). The fourth-order valence-electron chi connectivity index (χ4n) is 3.40. The summed E-state index contributed by atoms with van der Waals surface area (Å²) >= 11 is 0. The number of carbonyl (C=O) groups is 1. The molecule has 1 saturated heterocycles. The van der Waals surface area contributed by atoms with E-state index in [1.54, 1.807) is 30.9 Å². The summed E-state index contributed by atoms with van der Waals surface area (Å²) in [5, 5.41) is 18.3. The molecule has 0 radical (unpaired) electrons. The predicted octanol–water partition coefficient (Wildman–Crippen LogP) is -0.00976. The molecule has 1 aliphatic rings. The number of aliphatic hydroxyl groups excluding tert-OH is 2. The normalized spacial score (nSPS) is 15.6. The first-order chi connectivity index (χ1) is 13.3. The van der Waals surface area contributed by atoms with Gasteiger partial charge in [0.25, 0.3) is 11.5 Å². The number of aryl methyl sites for hydroxylation is 2. The Hall–Kier alpha value is -2.78. The molecule has 1 fully saturated rings. The number of aliphatic hydroxyl groups is 2. The number of carbonyl (C=O) groups excluding carboxylic acids is 1. The average Bonchev–Trinajstić information content (AvgIpc) is 2.66. The summed E-state index contributed by atoms with van der Waals surface area (Å²) in [5.74, 6) is -0.522. The van der Waals surface area contributed by atoms with Gasteiger partial charge in [-0.2, -0.15) is 0 Å². The summed E-state index contributed by atoms with van der Waals surface area (Å²) in [4.78, 5) is 31.7. The van der Waals surface area contributed by atoms with Crippen LogP contribution in [0.15, 0.2) is 29.1 Å². The minimum atomic E-state index is -1.42. The highest BCUT2D eigenvalue weighted by molar-refractivity contribution is 5.81. The van der Waals surface area contributed by atoms with Crippen LogP contribution in [0.1, 0.15) is 11.5 Å². The lowest BCUT2D eigenvalue weighted by atomic mass is 10.2. The topological polar surface area (TPSA) is 98.9 Å². The van der Waals surface area contributed by atoms with Crippen molar-refractivity contribution in [1.82, 2.24) is 14.5 Å². The van der Waals surface area contributed by atoms with Gasteiger partial charge < -0.3 is 20.0 Å². The van der Waals surface area contributed by atoms with Gasteiger partial charge in [-0.05, 0) is 26.0 Å². The molecule has 1 amide bonds. The maximum atomic E-state index is 14.8. The Morgan fingerprint density at radius 2 is 1.89 bits per heavy atom. The van der Waals surface area contributed by atoms with E-state index in [0.717, 1.165) is 0 Å². The zero-order valence-electron chi connectivity index (χ0n) is 15.8. The number of anilines is 1. The summed E-state index contributed by atoms with van der Waals surface area (Å²) in [5.41, 5.74) is 1.11. The van der Waals surface area contributed by atoms with Gasteiger partial charge in [0, 0.05) is 44.0 Å². The monoisotopic (exact) mass is 390 g/mol. The molecule has 0 aliphatic carbocycles. The Morgan fingerprint density at radius 3 is 2.46 bits per heavy atom. The molecule has 0 saturated carbocycles. The van der Waals surface area contributed by atoms with Gasteiger partial charge >= 0.3 is 0 Å². The van der Waals surface area contributed by atoms with Crippen molar-refractivity contribution in [3.05, 3.63) is 52.0 Å². The Bertz CT molecular complexity index is 938. The number of halogens is 1. The van der Waals surface area contributed by atoms with E-state index < -0.39 is 24.4 Å². The molecular weight excluding hydrogens is 367 g/mol. The first-order valence-corrected chi connectivity index (χ1v) is 9.01. The van der Waals surface area contributed by atoms with E-state index in [-0.39, 0.29) is 5.56 Å². The molecule has 2 N–H and O–H groups in total.